The summed E-state index contributed by atoms with van der Waals surface area (Å²) in [6.07, 6.45) is 9.24. The Morgan fingerprint density at radius 2 is 2.04 bits per heavy atom. The van der Waals surface area contributed by atoms with E-state index in [1.807, 2.05) is 19.2 Å². The van der Waals surface area contributed by atoms with Crippen molar-refractivity contribution in [3.63, 3.8) is 0 Å². The molecule has 1 saturated carbocycles. The lowest BCUT2D eigenvalue weighted by Crippen LogP contribution is -2.40. The number of carbonyl (C=O) groups is 1. The lowest BCUT2D eigenvalue weighted by atomic mass is 9.69. The van der Waals surface area contributed by atoms with Crippen molar-refractivity contribution >= 4 is 11.6 Å². The van der Waals surface area contributed by atoms with Crippen molar-refractivity contribution in [3.8, 4) is 0 Å². The van der Waals surface area contributed by atoms with Gasteiger partial charge < -0.3 is 5.32 Å². The van der Waals surface area contributed by atoms with Gasteiger partial charge in [0, 0.05) is 18.4 Å². The molecule has 5 heteroatoms. The van der Waals surface area contributed by atoms with Crippen molar-refractivity contribution in [1.82, 2.24) is 19.9 Å². The maximum Gasteiger partial charge on any atom is 0.257 e. The van der Waals surface area contributed by atoms with E-state index in [0.29, 0.717) is 16.6 Å². The van der Waals surface area contributed by atoms with Crippen LogP contribution < -0.4 is 5.32 Å². The average molecular weight is 328 g/mol. The highest BCUT2D eigenvalue weighted by atomic mass is 16.1. The van der Waals surface area contributed by atoms with Crippen molar-refractivity contribution < 1.29 is 4.79 Å². The van der Waals surface area contributed by atoms with E-state index in [-0.39, 0.29) is 11.9 Å². The molecular weight excluding hydrogens is 300 g/mol. The van der Waals surface area contributed by atoms with Gasteiger partial charge in [0.2, 0.25) is 0 Å². The Hall–Kier alpha value is -1.91. The number of fused-ring (bicyclic) bond motifs is 1. The topological polar surface area (TPSA) is 59.3 Å². The molecule has 1 N–H and O–H groups in total. The van der Waals surface area contributed by atoms with Gasteiger partial charge in [0.05, 0.1) is 5.69 Å². The highest BCUT2D eigenvalue weighted by Crippen LogP contribution is 2.40. The van der Waals surface area contributed by atoms with Gasteiger partial charge in [0.25, 0.3) is 5.91 Å². The number of hydrogen-bond donors (Lipinski definition) is 1. The van der Waals surface area contributed by atoms with Crippen LogP contribution in [0.5, 0.6) is 0 Å². The monoisotopic (exact) mass is 328 g/mol. The molecule has 0 unspecified atom stereocenters. The normalized spacial score (nSPS) is 21.8. The highest BCUT2D eigenvalue weighted by molar-refractivity contribution is 6.01. The minimum atomic E-state index is -0.0422. The third-order valence-electron chi connectivity index (χ3n) is 5.88. The van der Waals surface area contributed by atoms with Gasteiger partial charge in [-0.05, 0) is 50.0 Å². The molecular formula is C19H28N4O. The predicted molar refractivity (Wildman–Crippen MR) is 95.0 cm³/mol. The van der Waals surface area contributed by atoms with E-state index < -0.39 is 0 Å². The van der Waals surface area contributed by atoms with E-state index in [4.69, 9.17) is 0 Å². The summed E-state index contributed by atoms with van der Waals surface area (Å²) in [6, 6.07) is 2.08. The molecule has 24 heavy (non-hydrogen) atoms. The summed E-state index contributed by atoms with van der Waals surface area (Å²) in [5.41, 5.74) is 2.37. The number of carbonyl (C=O) groups excluding carboxylic acids is 1. The molecule has 1 aliphatic carbocycles. The second-order valence-corrected chi connectivity index (χ2v) is 7.71. The first kappa shape index (κ1) is 16.9. The number of amides is 1. The second kappa shape index (κ2) is 6.54. The number of aromatic nitrogens is 3. The molecule has 0 atom stereocenters. The molecule has 5 nitrogen and oxygen atoms in total. The summed E-state index contributed by atoms with van der Waals surface area (Å²) < 4.78 is 1.67. The first-order chi connectivity index (χ1) is 11.4. The van der Waals surface area contributed by atoms with E-state index in [1.165, 1.54) is 19.3 Å². The maximum atomic E-state index is 12.7. The SMILES string of the molecule is CCC(C)(C)C1CCC(NC(=O)c2c(C)nn3cccnc23)CC1. The minimum Gasteiger partial charge on any atom is -0.349 e. The maximum absolute atomic E-state index is 12.7. The quantitative estimate of drug-likeness (QED) is 0.929. The van der Waals surface area contributed by atoms with Crippen molar-refractivity contribution in [2.75, 3.05) is 0 Å². The third kappa shape index (κ3) is 3.17. The number of nitrogens with one attached hydrogen (secondary N) is 1. The fourth-order valence-corrected chi connectivity index (χ4v) is 3.83. The van der Waals surface area contributed by atoms with Gasteiger partial charge in [0.1, 0.15) is 5.56 Å². The van der Waals surface area contributed by atoms with Crippen molar-refractivity contribution in [3.05, 3.63) is 29.7 Å². The van der Waals surface area contributed by atoms with Crippen LogP contribution in [0, 0.1) is 18.3 Å². The molecule has 2 aromatic rings. The molecule has 0 radical (unpaired) electrons. The first-order valence-electron chi connectivity index (χ1n) is 9.03. The molecule has 0 aromatic carbocycles. The third-order valence-corrected chi connectivity index (χ3v) is 5.88. The smallest absolute Gasteiger partial charge is 0.257 e. The fraction of sp³-hybridized carbons (Fsp3) is 0.632. The van der Waals surface area contributed by atoms with Gasteiger partial charge in [-0.2, -0.15) is 5.10 Å². The molecule has 1 amide bonds. The Kier molecular flexibility index (Phi) is 4.61. The largest absolute Gasteiger partial charge is 0.349 e. The molecule has 0 spiro atoms. The Bertz CT molecular complexity index is 726. The highest BCUT2D eigenvalue weighted by Gasteiger charge is 2.32. The molecule has 3 rings (SSSR count). The van der Waals surface area contributed by atoms with Gasteiger partial charge in [0.15, 0.2) is 5.65 Å². The Morgan fingerprint density at radius 1 is 1.33 bits per heavy atom. The minimum absolute atomic E-state index is 0.0422. The molecule has 130 valence electrons. The van der Waals surface area contributed by atoms with E-state index >= 15 is 0 Å². The second-order valence-electron chi connectivity index (χ2n) is 7.71. The van der Waals surface area contributed by atoms with Crippen LogP contribution in [0.1, 0.15) is 68.9 Å². The number of rotatable bonds is 4. The molecule has 0 saturated heterocycles. The molecule has 0 aliphatic heterocycles. The van der Waals surface area contributed by atoms with Crippen molar-refractivity contribution in [1.29, 1.82) is 0 Å². The van der Waals surface area contributed by atoms with E-state index in [0.717, 1.165) is 24.5 Å². The lowest BCUT2D eigenvalue weighted by molar-refractivity contribution is 0.0894. The summed E-state index contributed by atoms with van der Waals surface area (Å²) in [5, 5.41) is 7.59. The fourth-order valence-electron chi connectivity index (χ4n) is 3.83. The summed E-state index contributed by atoms with van der Waals surface area (Å²) in [4.78, 5) is 17.1. The van der Waals surface area contributed by atoms with Gasteiger partial charge in [-0.15, -0.1) is 0 Å². The van der Waals surface area contributed by atoms with E-state index in [1.54, 1.807) is 10.7 Å². The summed E-state index contributed by atoms with van der Waals surface area (Å²) >= 11 is 0. The molecule has 1 fully saturated rings. The van der Waals surface area contributed by atoms with E-state index in [2.05, 4.69) is 36.2 Å². The lowest BCUT2D eigenvalue weighted by Gasteiger charge is -2.39. The molecule has 2 heterocycles. The zero-order valence-corrected chi connectivity index (χ0v) is 15.2. The van der Waals surface area contributed by atoms with Crippen LogP contribution in [0.15, 0.2) is 18.5 Å². The Balaban J connectivity index is 1.67. The molecule has 2 aromatic heterocycles. The number of hydrogen-bond acceptors (Lipinski definition) is 3. The number of aryl methyl sites for hydroxylation is 1. The van der Waals surface area contributed by atoms with Crippen molar-refractivity contribution in [2.24, 2.45) is 11.3 Å². The van der Waals surface area contributed by atoms with Crippen LogP contribution in [0.4, 0.5) is 0 Å². The van der Waals surface area contributed by atoms with Gasteiger partial charge in [-0.25, -0.2) is 9.50 Å². The zero-order valence-electron chi connectivity index (χ0n) is 15.2. The predicted octanol–water partition coefficient (Wildman–Crippen LogP) is 3.76. The standard InChI is InChI=1S/C19H28N4O/c1-5-19(3,4)14-7-9-15(10-8-14)21-18(24)16-13(2)22-23-12-6-11-20-17(16)23/h6,11-12,14-15H,5,7-10H2,1-4H3,(H,21,24). The van der Waals surface area contributed by atoms with Crippen LogP contribution in [0.25, 0.3) is 5.65 Å². The van der Waals surface area contributed by atoms with Gasteiger partial charge >= 0.3 is 0 Å². The van der Waals surface area contributed by atoms with Crippen LogP contribution in [-0.2, 0) is 0 Å². The summed E-state index contributed by atoms with van der Waals surface area (Å²) in [6.45, 7) is 8.87. The average Bonchev–Trinajstić information content (AvgIpc) is 2.91. The Morgan fingerprint density at radius 3 is 2.71 bits per heavy atom. The van der Waals surface area contributed by atoms with Gasteiger partial charge in [-0.3, -0.25) is 4.79 Å². The zero-order chi connectivity index (χ0) is 17.3. The first-order valence-corrected chi connectivity index (χ1v) is 9.03. The van der Waals surface area contributed by atoms with Crippen molar-refractivity contribution in [2.45, 2.75) is 65.8 Å². The van der Waals surface area contributed by atoms with Crippen LogP contribution >= 0.6 is 0 Å². The molecule has 1 aliphatic rings. The van der Waals surface area contributed by atoms with Crippen LogP contribution in [0.2, 0.25) is 0 Å². The van der Waals surface area contributed by atoms with Crippen LogP contribution in [0.3, 0.4) is 0 Å². The van der Waals surface area contributed by atoms with Gasteiger partial charge in [-0.1, -0.05) is 27.2 Å². The summed E-state index contributed by atoms with van der Waals surface area (Å²) in [5.74, 6) is 0.718. The Labute approximate surface area is 143 Å². The van der Waals surface area contributed by atoms with Crippen LogP contribution in [-0.4, -0.2) is 26.5 Å². The van der Waals surface area contributed by atoms with E-state index in [9.17, 15) is 4.79 Å². The number of nitrogens with zero attached hydrogens (tertiary/aromatic N) is 3. The summed E-state index contributed by atoms with van der Waals surface area (Å²) in [7, 11) is 0. The molecule has 0 bridgehead atoms.